The summed E-state index contributed by atoms with van der Waals surface area (Å²) in [7, 11) is 0. The van der Waals surface area contributed by atoms with Gasteiger partial charge >= 0.3 is 0 Å². The molecule has 2 saturated heterocycles. The van der Waals surface area contributed by atoms with Crippen LogP contribution in [0.15, 0.2) is 30.0 Å². The molecule has 0 radical (unpaired) electrons. The van der Waals surface area contributed by atoms with Gasteiger partial charge in [0.25, 0.3) is 0 Å². The lowest BCUT2D eigenvalue weighted by atomic mass is 9.95. The van der Waals surface area contributed by atoms with Crippen molar-refractivity contribution in [2.45, 2.75) is 50.6 Å². The molecule has 2 bridgehead atoms. The Balaban J connectivity index is 1.56. The maximum absolute atomic E-state index is 8.87. The lowest BCUT2D eigenvalue weighted by Crippen LogP contribution is -2.41. The van der Waals surface area contributed by atoms with E-state index in [0.29, 0.717) is 17.6 Å². The normalized spacial score (nSPS) is 28.4. The van der Waals surface area contributed by atoms with Gasteiger partial charge in [-0.15, -0.1) is 0 Å². The van der Waals surface area contributed by atoms with E-state index in [2.05, 4.69) is 22.0 Å². The van der Waals surface area contributed by atoms with Crippen LogP contribution in [0.25, 0.3) is 0 Å². The van der Waals surface area contributed by atoms with E-state index in [9.17, 15) is 0 Å². The van der Waals surface area contributed by atoms with E-state index in [1.54, 1.807) is 11.8 Å². The molecule has 3 aliphatic rings. The number of fused-ring (bicyclic) bond motifs is 2. The van der Waals surface area contributed by atoms with Crippen LogP contribution in [0, 0.1) is 17.2 Å². The summed E-state index contributed by atoms with van der Waals surface area (Å²) in [6, 6.07) is 7.29. The van der Waals surface area contributed by atoms with Gasteiger partial charge in [0, 0.05) is 18.3 Å². The van der Waals surface area contributed by atoms with Gasteiger partial charge in [-0.25, -0.2) is 4.98 Å². The van der Waals surface area contributed by atoms with Gasteiger partial charge in [0.05, 0.1) is 5.56 Å². The Morgan fingerprint density at radius 3 is 2.45 bits per heavy atom. The van der Waals surface area contributed by atoms with Crippen molar-refractivity contribution in [2.24, 2.45) is 5.92 Å². The molecule has 20 heavy (non-hydrogen) atoms. The van der Waals surface area contributed by atoms with Crippen LogP contribution >= 0.6 is 0 Å². The number of piperidine rings is 1. The quantitative estimate of drug-likeness (QED) is 0.769. The van der Waals surface area contributed by atoms with Gasteiger partial charge < -0.3 is 4.90 Å². The van der Waals surface area contributed by atoms with Crippen LogP contribution in [-0.4, -0.2) is 17.1 Å². The second-order valence-electron chi connectivity index (χ2n) is 6.38. The number of rotatable bonds is 2. The van der Waals surface area contributed by atoms with Crippen molar-refractivity contribution in [2.75, 3.05) is 4.90 Å². The summed E-state index contributed by atoms with van der Waals surface area (Å²) >= 11 is 0. The largest absolute Gasteiger partial charge is 0.350 e. The van der Waals surface area contributed by atoms with Gasteiger partial charge in [0.15, 0.2) is 0 Å². The van der Waals surface area contributed by atoms with Crippen LogP contribution in [0.4, 0.5) is 5.82 Å². The number of nitriles is 1. The van der Waals surface area contributed by atoms with Gasteiger partial charge in [-0.3, -0.25) is 0 Å². The molecule has 3 heterocycles. The molecule has 3 nitrogen and oxygen atoms in total. The number of aromatic nitrogens is 1. The van der Waals surface area contributed by atoms with Gasteiger partial charge in [0.1, 0.15) is 11.9 Å². The second-order valence-corrected chi connectivity index (χ2v) is 6.38. The molecule has 3 fully saturated rings. The van der Waals surface area contributed by atoms with Crippen molar-refractivity contribution in [3.05, 3.63) is 35.5 Å². The minimum Gasteiger partial charge on any atom is -0.350 e. The summed E-state index contributed by atoms with van der Waals surface area (Å²) in [6.45, 7) is 0. The summed E-state index contributed by atoms with van der Waals surface area (Å²) in [6.07, 6.45) is 12.1. The average Bonchev–Trinajstić information content (AvgIpc) is 3.24. The zero-order chi connectivity index (χ0) is 13.5. The predicted molar refractivity (Wildman–Crippen MR) is 78.3 cm³/mol. The molecule has 3 heteroatoms. The monoisotopic (exact) mass is 265 g/mol. The Hall–Kier alpha value is -1.82. The molecule has 1 aromatic heterocycles. The van der Waals surface area contributed by atoms with Crippen LogP contribution < -0.4 is 4.90 Å². The molecule has 0 N–H and O–H groups in total. The molecule has 2 atom stereocenters. The van der Waals surface area contributed by atoms with Crippen LogP contribution in [0.1, 0.15) is 44.1 Å². The van der Waals surface area contributed by atoms with E-state index >= 15 is 0 Å². The Bertz CT molecular complexity index is 561. The van der Waals surface area contributed by atoms with Gasteiger partial charge in [-0.05, 0) is 56.6 Å². The molecule has 1 aromatic rings. The molecule has 2 unspecified atom stereocenters. The van der Waals surface area contributed by atoms with E-state index < -0.39 is 0 Å². The molecule has 1 aliphatic carbocycles. The molecule has 0 aromatic carbocycles. The molecule has 4 rings (SSSR count). The number of anilines is 1. The predicted octanol–water partition coefficient (Wildman–Crippen LogP) is 3.42. The Labute approximate surface area is 119 Å². The minimum atomic E-state index is 0.624. The van der Waals surface area contributed by atoms with Crippen LogP contribution in [0.3, 0.4) is 0 Å². The lowest BCUT2D eigenvalue weighted by Gasteiger charge is -2.37. The Morgan fingerprint density at radius 2 is 1.90 bits per heavy atom. The zero-order valence-corrected chi connectivity index (χ0v) is 11.6. The van der Waals surface area contributed by atoms with Crippen LogP contribution in [0.2, 0.25) is 0 Å². The van der Waals surface area contributed by atoms with Gasteiger partial charge in [-0.2, -0.15) is 5.26 Å². The molecule has 2 aliphatic heterocycles. The SMILES string of the molecule is N#Cc1ccc(N2C3CCC2CC(=CC2CC2)C3)nc1. The molecule has 0 amide bonds. The first-order chi connectivity index (χ1) is 9.83. The fraction of sp³-hybridized carbons (Fsp3) is 0.529. The van der Waals surface area contributed by atoms with E-state index in [1.165, 1.54) is 38.5 Å². The Morgan fingerprint density at radius 1 is 1.15 bits per heavy atom. The summed E-state index contributed by atoms with van der Waals surface area (Å²) in [5.41, 5.74) is 2.33. The highest BCUT2D eigenvalue weighted by Crippen LogP contribution is 2.42. The Kier molecular flexibility index (Phi) is 2.77. The third-order valence-corrected chi connectivity index (χ3v) is 4.85. The number of nitrogens with zero attached hydrogens (tertiary/aromatic N) is 3. The number of pyridine rings is 1. The molecule has 102 valence electrons. The maximum Gasteiger partial charge on any atom is 0.129 e. The van der Waals surface area contributed by atoms with Crippen molar-refractivity contribution >= 4 is 5.82 Å². The zero-order valence-electron chi connectivity index (χ0n) is 11.6. The van der Waals surface area contributed by atoms with Crippen LogP contribution in [-0.2, 0) is 0 Å². The molecular formula is C17H19N3. The molecule has 1 saturated carbocycles. The van der Waals surface area contributed by atoms with Crippen molar-refractivity contribution in [3.8, 4) is 6.07 Å². The third kappa shape index (κ3) is 2.10. The molecule has 0 spiro atoms. The first-order valence-corrected chi connectivity index (χ1v) is 7.67. The maximum atomic E-state index is 8.87. The highest BCUT2D eigenvalue weighted by atomic mass is 15.3. The standard InChI is InChI=1S/C17H19N3/c18-10-13-3-6-17(19-11-13)20-15-4-5-16(20)9-14(8-15)7-12-1-2-12/h3,6-7,11-12,15-16H,1-2,4-5,8-9H2. The van der Waals surface area contributed by atoms with E-state index in [-0.39, 0.29) is 0 Å². The second kappa shape index (κ2) is 4.63. The fourth-order valence-electron chi connectivity index (χ4n) is 3.76. The van der Waals surface area contributed by atoms with Crippen molar-refractivity contribution in [1.29, 1.82) is 5.26 Å². The average molecular weight is 265 g/mol. The number of hydrogen-bond donors (Lipinski definition) is 0. The summed E-state index contributed by atoms with van der Waals surface area (Å²) in [5, 5.41) is 8.87. The summed E-state index contributed by atoms with van der Waals surface area (Å²) < 4.78 is 0. The van der Waals surface area contributed by atoms with Gasteiger partial charge in [-0.1, -0.05) is 11.6 Å². The minimum absolute atomic E-state index is 0.624. The lowest BCUT2D eigenvalue weighted by molar-refractivity contribution is 0.542. The van der Waals surface area contributed by atoms with E-state index in [1.807, 2.05) is 12.1 Å². The first-order valence-electron chi connectivity index (χ1n) is 7.67. The topological polar surface area (TPSA) is 39.9 Å². The molecular weight excluding hydrogens is 246 g/mol. The number of allylic oxidation sites excluding steroid dienone is 1. The highest BCUT2D eigenvalue weighted by Gasteiger charge is 2.39. The first kappa shape index (κ1) is 12.0. The summed E-state index contributed by atoms with van der Waals surface area (Å²) in [4.78, 5) is 7.00. The van der Waals surface area contributed by atoms with Gasteiger partial charge in [0.2, 0.25) is 0 Å². The number of hydrogen-bond acceptors (Lipinski definition) is 3. The smallest absolute Gasteiger partial charge is 0.129 e. The van der Waals surface area contributed by atoms with Crippen molar-refractivity contribution < 1.29 is 0 Å². The summed E-state index contributed by atoms with van der Waals surface area (Å²) in [5.74, 6) is 1.95. The van der Waals surface area contributed by atoms with Crippen molar-refractivity contribution in [1.82, 2.24) is 4.98 Å². The van der Waals surface area contributed by atoms with E-state index in [0.717, 1.165) is 11.7 Å². The van der Waals surface area contributed by atoms with Crippen molar-refractivity contribution in [3.63, 3.8) is 0 Å². The third-order valence-electron chi connectivity index (χ3n) is 4.85. The highest BCUT2D eigenvalue weighted by molar-refractivity contribution is 5.47. The van der Waals surface area contributed by atoms with E-state index in [4.69, 9.17) is 5.26 Å². The van der Waals surface area contributed by atoms with Crippen LogP contribution in [0.5, 0.6) is 0 Å². The fourth-order valence-corrected chi connectivity index (χ4v) is 3.76.